The molecule has 7 nitrogen and oxygen atoms in total. The summed E-state index contributed by atoms with van der Waals surface area (Å²) in [5.41, 5.74) is 1.22. The predicted octanol–water partition coefficient (Wildman–Crippen LogP) is 1.96. The van der Waals surface area contributed by atoms with Gasteiger partial charge in [-0.05, 0) is 18.6 Å². The Kier molecular flexibility index (Phi) is 5.88. The van der Waals surface area contributed by atoms with Gasteiger partial charge in [0.1, 0.15) is 24.6 Å². The number of carbonyl (C=O) groups is 1. The summed E-state index contributed by atoms with van der Waals surface area (Å²) in [5.74, 6) is -0.0679. The van der Waals surface area contributed by atoms with Crippen LogP contribution >= 0.6 is 0 Å². The SMILES string of the molecule is Cc1cc(COC(=O)CN(C)S(=O)(=O)/C=C/c2ccccc2)no1. The molecule has 0 aliphatic carbocycles. The Labute approximate surface area is 140 Å². The van der Waals surface area contributed by atoms with Gasteiger partial charge in [-0.15, -0.1) is 0 Å². The van der Waals surface area contributed by atoms with Gasteiger partial charge in [-0.3, -0.25) is 4.79 Å². The molecule has 0 bridgehead atoms. The first-order valence-electron chi connectivity index (χ1n) is 7.14. The van der Waals surface area contributed by atoms with E-state index < -0.39 is 22.5 Å². The monoisotopic (exact) mass is 350 g/mol. The molecule has 0 spiro atoms. The number of aryl methyl sites for hydroxylation is 1. The number of hydrogen-bond donors (Lipinski definition) is 0. The molecule has 0 aliphatic heterocycles. The van der Waals surface area contributed by atoms with Gasteiger partial charge >= 0.3 is 5.97 Å². The molecule has 0 unspecified atom stereocenters. The Morgan fingerprint density at radius 1 is 1.33 bits per heavy atom. The van der Waals surface area contributed by atoms with E-state index >= 15 is 0 Å². The van der Waals surface area contributed by atoms with Gasteiger partial charge in [0.25, 0.3) is 0 Å². The van der Waals surface area contributed by atoms with E-state index in [1.54, 1.807) is 37.3 Å². The van der Waals surface area contributed by atoms with Crippen molar-refractivity contribution in [3.63, 3.8) is 0 Å². The number of esters is 1. The van der Waals surface area contributed by atoms with Crippen LogP contribution in [0.3, 0.4) is 0 Å². The first-order chi connectivity index (χ1) is 11.4. The number of hydrogen-bond acceptors (Lipinski definition) is 6. The molecule has 0 radical (unpaired) electrons. The van der Waals surface area contributed by atoms with Crippen molar-refractivity contribution in [2.75, 3.05) is 13.6 Å². The molecule has 2 aromatic rings. The minimum absolute atomic E-state index is 0.0656. The summed E-state index contributed by atoms with van der Waals surface area (Å²) >= 11 is 0. The van der Waals surface area contributed by atoms with Gasteiger partial charge < -0.3 is 9.26 Å². The van der Waals surface area contributed by atoms with Crippen molar-refractivity contribution in [2.45, 2.75) is 13.5 Å². The molecule has 0 saturated heterocycles. The van der Waals surface area contributed by atoms with E-state index in [4.69, 9.17) is 9.26 Å². The normalized spacial score (nSPS) is 12.0. The van der Waals surface area contributed by atoms with Gasteiger partial charge in [0.15, 0.2) is 0 Å². The van der Waals surface area contributed by atoms with Gasteiger partial charge in [-0.25, -0.2) is 8.42 Å². The summed E-state index contributed by atoms with van der Waals surface area (Å²) in [7, 11) is -2.40. The highest BCUT2D eigenvalue weighted by Gasteiger charge is 2.18. The van der Waals surface area contributed by atoms with Crippen LogP contribution < -0.4 is 0 Å². The van der Waals surface area contributed by atoms with Gasteiger partial charge in [-0.2, -0.15) is 4.31 Å². The summed E-state index contributed by atoms with van der Waals surface area (Å²) in [6, 6.07) is 10.6. The van der Waals surface area contributed by atoms with Crippen molar-refractivity contribution in [1.82, 2.24) is 9.46 Å². The van der Waals surface area contributed by atoms with Crippen molar-refractivity contribution in [2.24, 2.45) is 0 Å². The Hall–Kier alpha value is -2.45. The maximum absolute atomic E-state index is 12.1. The highest BCUT2D eigenvalue weighted by Crippen LogP contribution is 2.07. The molecule has 1 aromatic carbocycles. The molecule has 0 fully saturated rings. The lowest BCUT2D eigenvalue weighted by Gasteiger charge is -2.13. The van der Waals surface area contributed by atoms with E-state index in [0.717, 1.165) is 15.3 Å². The molecule has 0 saturated carbocycles. The van der Waals surface area contributed by atoms with Crippen LogP contribution in [-0.2, 0) is 26.2 Å². The van der Waals surface area contributed by atoms with Crippen LogP contribution in [0.25, 0.3) is 6.08 Å². The van der Waals surface area contributed by atoms with E-state index in [1.807, 2.05) is 6.07 Å². The number of sulfonamides is 1. The molecule has 0 amide bonds. The number of nitrogens with zero attached hydrogens (tertiary/aromatic N) is 2. The van der Waals surface area contributed by atoms with Gasteiger partial charge in [-0.1, -0.05) is 35.5 Å². The lowest BCUT2D eigenvalue weighted by atomic mass is 10.2. The van der Waals surface area contributed by atoms with Crippen LogP contribution in [0, 0.1) is 6.92 Å². The molecule has 0 aliphatic rings. The molecule has 24 heavy (non-hydrogen) atoms. The first-order valence-corrected chi connectivity index (χ1v) is 8.64. The molecule has 0 atom stereocenters. The summed E-state index contributed by atoms with van der Waals surface area (Å²) in [5, 5.41) is 4.74. The fourth-order valence-corrected chi connectivity index (χ4v) is 2.61. The third-order valence-electron chi connectivity index (χ3n) is 3.08. The van der Waals surface area contributed by atoms with Crippen LogP contribution in [0.4, 0.5) is 0 Å². The van der Waals surface area contributed by atoms with Gasteiger partial charge in [0.05, 0.1) is 0 Å². The van der Waals surface area contributed by atoms with E-state index in [2.05, 4.69) is 5.16 Å². The third kappa shape index (κ3) is 5.32. The average Bonchev–Trinajstić information content (AvgIpc) is 2.97. The van der Waals surface area contributed by atoms with Crippen LogP contribution in [0.2, 0.25) is 0 Å². The number of benzene rings is 1. The molecule has 128 valence electrons. The maximum atomic E-state index is 12.1. The van der Waals surface area contributed by atoms with Gasteiger partial charge in [0, 0.05) is 18.5 Å². The number of aromatic nitrogens is 1. The van der Waals surface area contributed by atoms with Crippen LogP contribution in [0.5, 0.6) is 0 Å². The largest absolute Gasteiger partial charge is 0.458 e. The average molecular weight is 350 g/mol. The van der Waals surface area contributed by atoms with Crippen molar-refractivity contribution in [3.8, 4) is 0 Å². The Morgan fingerprint density at radius 2 is 2.04 bits per heavy atom. The lowest BCUT2D eigenvalue weighted by Crippen LogP contribution is -2.31. The molecule has 2 rings (SSSR count). The van der Waals surface area contributed by atoms with Gasteiger partial charge in [0.2, 0.25) is 10.0 Å². The minimum atomic E-state index is -3.71. The maximum Gasteiger partial charge on any atom is 0.321 e. The zero-order valence-electron chi connectivity index (χ0n) is 13.4. The van der Waals surface area contributed by atoms with Crippen molar-refractivity contribution in [3.05, 3.63) is 58.8 Å². The zero-order valence-corrected chi connectivity index (χ0v) is 14.2. The quantitative estimate of drug-likeness (QED) is 0.709. The fourth-order valence-electron chi connectivity index (χ4n) is 1.79. The second-order valence-electron chi connectivity index (χ2n) is 5.10. The van der Waals surface area contributed by atoms with Crippen LogP contribution in [0.1, 0.15) is 17.0 Å². The van der Waals surface area contributed by atoms with E-state index in [-0.39, 0.29) is 6.61 Å². The number of ether oxygens (including phenoxy) is 1. The standard InChI is InChI=1S/C16H18N2O5S/c1-13-10-15(17-23-13)12-22-16(19)11-18(2)24(20,21)9-8-14-6-4-3-5-7-14/h3-10H,11-12H2,1-2H3/b9-8+. The Bertz CT molecular complexity index is 812. The van der Waals surface area contributed by atoms with E-state index in [9.17, 15) is 13.2 Å². The molecular formula is C16H18N2O5S. The van der Waals surface area contributed by atoms with Crippen LogP contribution in [0.15, 0.2) is 46.3 Å². The summed E-state index contributed by atoms with van der Waals surface area (Å²) in [4.78, 5) is 11.7. The number of carbonyl (C=O) groups excluding carboxylic acids is 1. The smallest absolute Gasteiger partial charge is 0.321 e. The van der Waals surface area contributed by atoms with Crippen molar-refractivity contribution in [1.29, 1.82) is 0 Å². The number of rotatable bonds is 7. The minimum Gasteiger partial charge on any atom is -0.458 e. The molecule has 1 heterocycles. The number of likely N-dealkylation sites (N-methyl/N-ethyl adjacent to an activating group) is 1. The van der Waals surface area contributed by atoms with E-state index in [1.165, 1.54) is 13.1 Å². The highest BCUT2D eigenvalue weighted by molar-refractivity contribution is 7.92. The predicted molar refractivity (Wildman–Crippen MR) is 88.1 cm³/mol. The first kappa shape index (κ1) is 17.9. The zero-order chi connectivity index (χ0) is 17.6. The molecule has 8 heteroatoms. The fraction of sp³-hybridized carbons (Fsp3) is 0.250. The second-order valence-corrected chi connectivity index (χ2v) is 7.03. The third-order valence-corrected chi connectivity index (χ3v) is 4.55. The van der Waals surface area contributed by atoms with Crippen LogP contribution in [-0.4, -0.2) is 37.4 Å². The summed E-state index contributed by atoms with van der Waals surface area (Å²) in [6.07, 6.45) is 1.47. The van der Waals surface area contributed by atoms with Crippen molar-refractivity contribution < 1.29 is 22.5 Å². The second kappa shape index (κ2) is 7.89. The molecule has 1 aromatic heterocycles. The highest BCUT2D eigenvalue weighted by atomic mass is 32.2. The Balaban J connectivity index is 1.88. The molecular weight excluding hydrogens is 332 g/mol. The summed E-state index contributed by atoms with van der Waals surface area (Å²) < 4.78 is 35.0. The van der Waals surface area contributed by atoms with Crippen molar-refractivity contribution >= 4 is 22.1 Å². The summed E-state index contributed by atoms with van der Waals surface area (Å²) in [6.45, 7) is 1.26. The lowest BCUT2D eigenvalue weighted by molar-refractivity contribution is -0.145. The Morgan fingerprint density at radius 3 is 2.67 bits per heavy atom. The van der Waals surface area contributed by atoms with E-state index in [0.29, 0.717) is 11.5 Å². The topological polar surface area (TPSA) is 89.7 Å². The molecule has 0 N–H and O–H groups in total.